The maximum Gasteiger partial charge on any atom is 0.241 e. The largest absolute Gasteiger partial charge is 0.325 e. The van der Waals surface area contributed by atoms with Crippen molar-refractivity contribution in [3.05, 3.63) is 29.8 Å². The second-order valence-corrected chi connectivity index (χ2v) is 5.93. The molecule has 1 aliphatic rings. The number of nitrogens with one attached hydrogen (secondary N) is 2. The molecule has 0 aliphatic heterocycles. The minimum Gasteiger partial charge on any atom is -0.325 e. The van der Waals surface area contributed by atoms with Crippen molar-refractivity contribution in [2.24, 2.45) is 0 Å². The molecule has 0 heterocycles. The number of amides is 1. The summed E-state index contributed by atoms with van der Waals surface area (Å²) in [6.07, 6.45) is 7.63. The average molecular weight is 274 g/mol. The molecular weight excluding hydrogens is 248 g/mol. The summed E-state index contributed by atoms with van der Waals surface area (Å²) >= 11 is 0. The lowest BCUT2D eigenvalue weighted by atomic mass is 10.1. The fraction of sp³-hybridized carbons (Fsp3) is 0.588. The molecule has 0 bridgehead atoms. The molecule has 3 heteroatoms. The summed E-state index contributed by atoms with van der Waals surface area (Å²) < 4.78 is 0. The monoisotopic (exact) mass is 274 g/mol. The van der Waals surface area contributed by atoms with Crippen LogP contribution in [-0.2, 0) is 4.79 Å². The zero-order chi connectivity index (χ0) is 14.4. The summed E-state index contributed by atoms with van der Waals surface area (Å²) in [5, 5.41) is 6.45. The Bertz CT molecular complexity index is 419. The molecule has 0 aromatic heterocycles. The molecule has 1 atom stereocenters. The first-order chi connectivity index (χ1) is 9.65. The van der Waals surface area contributed by atoms with Crippen LogP contribution in [0.1, 0.15) is 51.0 Å². The van der Waals surface area contributed by atoms with Gasteiger partial charge in [0, 0.05) is 11.7 Å². The van der Waals surface area contributed by atoms with Gasteiger partial charge in [0.25, 0.3) is 0 Å². The third-order valence-electron chi connectivity index (χ3n) is 4.05. The molecule has 110 valence electrons. The van der Waals surface area contributed by atoms with E-state index in [1.807, 2.05) is 38.1 Å². The van der Waals surface area contributed by atoms with Gasteiger partial charge in [0.2, 0.25) is 5.91 Å². The number of aryl methyl sites for hydroxylation is 1. The van der Waals surface area contributed by atoms with Crippen molar-refractivity contribution >= 4 is 11.6 Å². The van der Waals surface area contributed by atoms with E-state index in [0.717, 1.165) is 5.69 Å². The summed E-state index contributed by atoms with van der Waals surface area (Å²) in [6.45, 7) is 4.00. The lowest BCUT2D eigenvalue weighted by Crippen LogP contribution is -2.43. The first-order valence-electron chi connectivity index (χ1n) is 7.79. The maximum absolute atomic E-state index is 12.2. The highest BCUT2D eigenvalue weighted by atomic mass is 16.2. The van der Waals surface area contributed by atoms with Crippen molar-refractivity contribution in [2.75, 3.05) is 5.32 Å². The Hall–Kier alpha value is -1.35. The summed E-state index contributed by atoms with van der Waals surface area (Å²) in [5.74, 6) is 0.0538. The first-order valence-corrected chi connectivity index (χ1v) is 7.79. The minimum absolute atomic E-state index is 0.0538. The second kappa shape index (κ2) is 7.44. The molecule has 0 radical (unpaired) electrons. The fourth-order valence-corrected chi connectivity index (χ4v) is 2.76. The Morgan fingerprint density at radius 1 is 1.10 bits per heavy atom. The molecule has 1 aromatic rings. The smallest absolute Gasteiger partial charge is 0.241 e. The van der Waals surface area contributed by atoms with Crippen LogP contribution in [0.3, 0.4) is 0 Å². The zero-order valence-electron chi connectivity index (χ0n) is 12.6. The van der Waals surface area contributed by atoms with E-state index in [2.05, 4.69) is 10.6 Å². The molecule has 0 saturated heterocycles. The molecule has 1 aliphatic carbocycles. The molecule has 1 aromatic carbocycles. The number of hydrogen-bond acceptors (Lipinski definition) is 2. The van der Waals surface area contributed by atoms with Crippen LogP contribution in [0.15, 0.2) is 24.3 Å². The molecule has 2 N–H and O–H groups in total. The van der Waals surface area contributed by atoms with Gasteiger partial charge in [-0.05, 0) is 38.8 Å². The van der Waals surface area contributed by atoms with Gasteiger partial charge in [0.05, 0.1) is 6.04 Å². The molecule has 1 saturated carbocycles. The number of rotatable bonds is 4. The molecule has 0 unspecified atom stereocenters. The van der Waals surface area contributed by atoms with Crippen LogP contribution in [0.25, 0.3) is 0 Å². The topological polar surface area (TPSA) is 41.1 Å². The zero-order valence-corrected chi connectivity index (χ0v) is 12.6. The third-order valence-corrected chi connectivity index (χ3v) is 4.05. The van der Waals surface area contributed by atoms with Gasteiger partial charge in [-0.3, -0.25) is 4.79 Å². The van der Waals surface area contributed by atoms with E-state index in [-0.39, 0.29) is 11.9 Å². The number of anilines is 1. The van der Waals surface area contributed by atoms with Crippen molar-refractivity contribution in [1.29, 1.82) is 0 Å². The van der Waals surface area contributed by atoms with Crippen molar-refractivity contribution < 1.29 is 4.79 Å². The number of hydrogen-bond donors (Lipinski definition) is 2. The molecule has 3 nitrogen and oxygen atoms in total. The van der Waals surface area contributed by atoms with E-state index in [9.17, 15) is 4.79 Å². The summed E-state index contributed by atoms with van der Waals surface area (Å²) in [5.41, 5.74) is 2.07. The van der Waals surface area contributed by atoms with Gasteiger partial charge < -0.3 is 10.6 Å². The first kappa shape index (κ1) is 15.0. The Balaban J connectivity index is 1.83. The Kier molecular flexibility index (Phi) is 5.60. The highest BCUT2D eigenvalue weighted by molar-refractivity contribution is 5.94. The molecular formula is C17H26N2O. The number of carbonyl (C=O) groups excluding carboxylic acids is 1. The second-order valence-electron chi connectivity index (χ2n) is 5.93. The van der Waals surface area contributed by atoms with Gasteiger partial charge in [-0.15, -0.1) is 0 Å². The number of benzene rings is 1. The van der Waals surface area contributed by atoms with Crippen LogP contribution in [0, 0.1) is 6.92 Å². The number of carbonyl (C=O) groups is 1. The SMILES string of the molecule is Cc1ccc(NC(=O)[C@@H](C)NC2CCCCCC2)cc1. The van der Waals surface area contributed by atoms with Crippen molar-refractivity contribution in [3.8, 4) is 0 Å². The average Bonchev–Trinajstić information content (AvgIpc) is 2.70. The van der Waals surface area contributed by atoms with Gasteiger partial charge in [-0.1, -0.05) is 43.4 Å². The third kappa shape index (κ3) is 4.64. The van der Waals surface area contributed by atoms with E-state index >= 15 is 0 Å². The Labute approximate surface area is 122 Å². The van der Waals surface area contributed by atoms with Crippen LogP contribution in [0.2, 0.25) is 0 Å². The Morgan fingerprint density at radius 3 is 2.30 bits per heavy atom. The summed E-state index contributed by atoms with van der Waals surface area (Å²) in [6, 6.07) is 8.28. The lowest BCUT2D eigenvalue weighted by molar-refractivity contribution is -0.118. The van der Waals surface area contributed by atoms with Gasteiger partial charge in [-0.2, -0.15) is 0 Å². The van der Waals surface area contributed by atoms with Gasteiger partial charge in [-0.25, -0.2) is 0 Å². The van der Waals surface area contributed by atoms with E-state index in [0.29, 0.717) is 6.04 Å². The quantitative estimate of drug-likeness (QED) is 0.823. The predicted molar refractivity (Wildman–Crippen MR) is 83.9 cm³/mol. The summed E-state index contributed by atoms with van der Waals surface area (Å²) in [4.78, 5) is 12.2. The standard InChI is InChI=1S/C17H26N2O/c1-13-9-11-16(12-10-13)19-17(20)14(2)18-15-7-5-3-4-6-8-15/h9-12,14-15,18H,3-8H2,1-2H3,(H,19,20)/t14-/m1/s1. The van der Waals surface area contributed by atoms with Crippen molar-refractivity contribution in [2.45, 2.75) is 64.5 Å². The van der Waals surface area contributed by atoms with Crippen molar-refractivity contribution in [1.82, 2.24) is 5.32 Å². The van der Waals surface area contributed by atoms with Crippen molar-refractivity contribution in [3.63, 3.8) is 0 Å². The molecule has 2 rings (SSSR count). The maximum atomic E-state index is 12.2. The highest BCUT2D eigenvalue weighted by Crippen LogP contribution is 2.18. The minimum atomic E-state index is -0.139. The van der Waals surface area contributed by atoms with E-state index < -0.39 is 0 Å². The van der Waals surface area contributed by atoms with Crippen LogP contribution in [0.5, 0.6) is 0 Å². The molecule has 0 spiro atoms. The molecule has 20 heavy (non-hydrogen) atoms. The highest BCUT2D eigenvalue weighted by Gasteiger charge is 2.18. The predicted octanol–water partition coefficient (Wildman–Crippen LogP) is 3.63. The lowest BCUT2D eigenvalue weighted by Gasteiger charge is -2.21. The van der Waals surface area contributed by atoms with Crippen LogP contribution < -0.4 is 10.6 Å². The van der Waals surface area contributed by atoms with Crippen LogP contribution in [0.4, 0.5) is 5.69 Å². The Morgan fingerprint density at radius 2 is 1.70 bits per heavy atom. The van der Waals surface area contributed by atoms with Crippen LogP contribution >= 0.6 is 0 Å². The fourth-order valence-electron chi connectivity index (χ4n) is 2.76. The van der Waals surface area contributed by atoms with Gasteiger partial charge in [0.15, 0.2) is 0 Å². The normalized spacial score (nSPS) is 18.3. The summed E-state index contributed by atoms with van der Waals surface area (Å²) in [7, 11) is 0. The van der Waals surface area contributed by atoms with E-state index in [1.54, 1.807) is 0 Å². The van der Waals surface area contributed by atoms with E-state index in [1.165, 1.54) is 44.1 Å². The molecule has 1 fully saturated rings. The van der Waals surface area contributed by atoms with E-state index in [4.69, 9.17) is 0 Å². The van der Waals surface area contributed by atoms with Gasteiger partial charge in [0.1, 0.15) is 0 Å². The van der Waals surface area contributed by atoms with Crippen LogP contribution in [-0.4, -0.2) is 18.0 Å². The molecule has 1 amide bonds. The van der Waals surface area contributed by atoms with Gasteiger partial charge >= 0.3 is 0 Å².